The van der Waals surface area contributed by atoms with Crippen LogP contribution in [-0.2, 0) is 14.0 Å². The molecule has 0 saturated heterocycles. The minimum Gasteiger partial charge on any atom is -0.458 e. The van der Waals surface area contributed by atoms with Crippen LogP contribution in [0.1, 0.15) is 62.3 Å². The van der Waals surface area contributed by atoms with Crippen LogP contribution in [0.4, 0.5) is 0 Å². The number of esters is 1. The monoisotopic (exact) mass is 332 g/mol. The average Bonchev–Trinajstić information content (AvgIpc) is 2.21. The van der Waals surface area contributed by atoms with E-state index in [1.165, 1.54) is 0 Å². The molecule has 1 N–H and O–H groups in total. The molecule has 0 rings (SSSR count). The van der Waals surface area contributed by atoms with Crippen molar-refractivity contribution in [3.05, 3.63) is 0 Å². The summed E-state index contributed by atoms with van der Waals surface area (Å²) in [7, 11) is -2.22. The van der Waals surface area contributed by atoms with Crippen molar-refractivity contribution in [1.82, 2.24) is 0 Å². The Balaban J connectivity index is 5.61. The van der Waals surface area contributed by atoms with E-state index >= 15 is 0 Å². The van der Waals surface area contributed by atoms with E-state index in [2.05, 4.69) is 33.9 Å². The largest absolute Gasteiger partial charge is 0.458 e. The van der Waals surface area contributed by atoms with Crippen LogP contribution in [0, 0.1) is 5.92 Å². The van der Waals surface area contributed by atoms with E-state index in [9.17, 15) is 9.90 Å². The van der Waals surface area contributed by atoms with E-state index < -0.39 is 31.6 Å². The van der Waals surface area contributed by atoms with Gasteiger partial charge in [-0.25, -0.2) is 4.79 Å². The van der Waals surface area contributed by atoms with Gasteiger partial charge in [-0.15, -0.1) is 0 Å². The lowest BCUT2D eigenvalue weighted by atomic mass is 9.87. The predicted molar refractivity (Wildman–Crippen MR) is 93.4 cm³/mol. The zero-order chi connectivity index (χ0) is 18.1. The number of aliphatic hydroxyl groups is 1. The zero-order valence-corrected chi connectivity index (χ0v) is 17.3. The van der Waals surface area contributed by atoms with Crippen molar-refractivity contribution < 1.29 is 19.1 Å². The first-order chi connectivity index (χ1) is 9.42. The van der Waals surface area contributed by atoms with Gasteiger partial charge in [0.1, 0.15) is 5.60 Å². The lowest BCUT2D eigenvalue weighted by Crippen LogP contribution is -2.57. The molecule has 2 unspecified atom stereocenters. The van der Waals surface area contributed by atoms with Gasteiger partial charge >= 0.3 is 5.97 Å². The van der Waals surface area contributed by atoms with E-state index in [0.29, 0.717) is 0 Å². The first kappa shape index (κ1) is 21.6. The maximum Gasteiger partial charge on any atom is 0.337 e. The fourth-order valence-electron chi connectivity index (χ4n) is 1.54. The minimum atomic E-state index is -2.22. The lowest BCUT2D eigenvalue weighted by Gasteiger charge is -2.44. The SMILES string of the molecule is CC(C)C(C)(O)C(O[Si](C)(C)C(C)(C)C)C(=O)OC(C)(C)C. The average molecular weight is 333 g/mol. The summed E-state index contributed by atoms with van der Waals surface area (Å²) >= 11 is 0. The highest BCUT2D eigenvalue weighted by molar-refractivity contribution is 6.74. The molecule has 0 heterocycles. The maximum atomic E-state index is 12.6. The van der Waals surface area contributed by atoms with E-state index in [1.54, 1.807) is 6.92 Å². The van der Waals surface area contributed by atoms with Gasteiger partial charge in [0.15, 0.2) is 14.4 Å². The van der Waals surface area contributed by atoms with Crippen molar-refractivity contribution in [2.75, 3.05) is 0 Å². The molecule has 5 heteroatoms. The highest BCUT2D eigenvalue weighted by Crippen LogP contribution is 2.39. The van der Waals surface area contributed by atoms with Crippen LogP contribution in [0.25, 0.3) is 0 Å². The van der Waals surface area contributed by atoms with E-state index in [-0.39, 0.29) is 11.0 Å². The molecule has 0 fully saturated rings. The normalized spacial score (nSPS) is 18.0. The molecule has 4 nitrogen and oxygen atoms in total. The second kappa shape index (κ2) is 6.61. The maximum absolute atomic E-state index is 12.6. The van der Waals surface area contributed by atoms with Gasteiger partial charge in [-0.1, -0.05) is 34.6 Å². The number of carbonyl (C=O) groups is 1. The molecular formula is C17H36O4Si. The summed E-state index contributed by atoms with van der Waals surface area (Å²) in [6.07, 6.45) is -0.979. The minimum absolute atomic E-state index is 0.0552. The van der Waals surface area contributed by atoms with Crippen LogP contribution >= 0.6 is 0 Å². The second-order valence-electron chi connectivity index (χ2n) is 9.17. The Kier molecular flexibility index (Phi) is 6.50. The Hall–Kier alpha value is -0.393. The number of hydrogen-bond acceptors (Lipinski definition) is 4. The van der Waals surface area contributed by atoms with Crippen molar-refractivity contribution >= 4 is 14.3 Å². The molecule has 0 saturated carbocycles. The number of ether oxygens (including phenoxy) is 1. The predicted octanol–water partition coefficient (Wildman–Crippen LogP) is 4.13. The van der Waals surface area contributed by atoms with Crippen molar-refractivity contribution in [3.8, 4) is 0 Å². The van der Waals surface area contributed by atoms with Gasteiger partial charge in [0.25, 0.3) is 0 Å². The van der Waals surface area contributed by atoms with Crippen molar-refractivity contribution in [2.24, 2.45) is 5.92 Å². The molecule has 0 aliphatic carbocycles. The molecule has 2 atom stereocenters. The quantitative estimate of drug-likeness (QED) is 0.607. The summed E-state index contributed by atoms with van der Waals surface area (Å²) in [6.45, 7) is 21.3. The molecule has 0 radical (unpaired) electrons. The van der Waals surface area contributed by atoms with Gasteiger partial charge in [-0.3, -0.25) is 0 Å². The number of hydrogen-bond donors (Lipinski definition) is 1. The summed E-state index contributed by atoms with van der Waals surface area (Å²) < 4.78 is 11.7. The summed E-state index contributed by atoms with van der Waals surface area (Å²) in [5.74, 6) is -0.620. The fraction of sp³-hybridized carbons (Fsp3) is 0.941. The Labute approximate surface area is 137 Å². The zero-order valence-electron chi connectivity index (χ0n) is 16.3. The van der Waals surface area contributed by atoms with E-state index in [1.807, 2.05) is 34.6 Å². The Morgan fingerprint density at radius 1 is 1.00 bits per heavy atom. The molecule has 22 heavy (non-hydrogen) atoms. The molecule has 0 spiro atoms. The first-order valence-electron chi connectivity index (χ1n) is 8.05. The highest BCUT2D eigenvalue weighted by Gasteiger charge is 2.49. The van der Waals surface area contributed by atoms with Gasteiger partial charge < -0.3 is 14.3 Å². The summed E-state index contributed by atoms with van der Waals surface area (Å²) in [6, 6.07) is 0. The molecule has 0 aliphatic heterocycles. The van der Waals surface area contributed by atoms with Crippen LogP contribution in [0.2, 0.25) is 18.1 Å². The van der Waals surface area contributed by atoms with Gasteiger partial charge in [0, 0.05) is 0 Å². The lowest BCUT2D eigenvalue weighted by molar-refractivity contribution is -0.181. The molecule has 132 valence electrons. The summed E-state index contributed by atoms with van der Waals surface area (Å²) in [4.78, 5) is 12.6. The van der Waals surface area contributed by atoms with Crippen LogP contribution in [-0.4, -0.2) is 36.7 Å². The van der Waals surface area contributed by atoms with Crippen LogP contribution < -0.4 is 0 Å². The van der Waals surface area contributed by atoms with Crippen LogP contribution in [0.3, 0.4) is 0 Å². The third-order valence-electron chi connectivity index (χ3n) is 4.54. The molecule has 0 bridgehead atoms. The summed E-state index contributed by atoms with van der Waals surface area (Å²) in [5.41, 5.74) is -1.89. The molecule has 0 amide bonds. The van der Waals surface area contributed by atoms with Gasteiger partial charge in [-0.05, 0) is 51.7 Å². The fourth-order valence-corrected chi connectivity index (χ4v) is 2.81. The third-order valence-corrected chi connectivity index (χ3v) is 8.98. The van der Waals surface area contributed by atoms with Gasteiger partial charge in [0.05, 0.1) is 5.60 Å². The number of carbonyl (C=O) groups excluding carboxylic acids is 1. The third kappa shape index (κ3) is 5.67. The van der Waals surface area contributed by atoms with Gasteiger partial charge in [0.2, 0.25) is 0 Å². The standard InChI is InChI=1S/C17H36O4Si/c1-12(2)17(9,19)13(14(18)20-15(3,4)5)21-22(10,11)16(6,7)8/h12-13,19H,1-11H3. The second-order valence-corrected chi connectivity index (χ2v) is 13.9. The Morgan fingerprint density at radius 2 is 1.41 bits per heavy atom. The highest BCUT2D eigenvalue weighted by atomic mass is 28.4. The molecular weight excluding hydrogens is 296 g/mol. The van der Waals surface area contributed by atoms with Crippen LogP contribution in [0.15, 0.2) is 0 Å². The topological polar surface area (TPSA) is 55.8 Å². The Bertz CT molecular complexity index is 386. The number of rotatable bonds is 5. The molecule has 0 aromatic carbocycles. The van der Waals surface area contributed by atoms with Crippen LogP contribution in [0.5, 0.6) is 0 Å². The molecule has 0 aromatic heterocycles. The summed E-state index contributed by atoms with van der Waals surface area (Å²) in [5, 5.41) is 10.8. The van der Waals surface area contributed by atoms with Gasteiger partial charge in [-0.2, -0.15) is 0 Å². The van der Waals surface area contributed by atoms with Crippen molar-refractivity contribution in [1.29, 1.82) is 0 Å². The van der Waals surface area contributed by atoms with Crippen molar-refractivity contribution in [2.45, 2.75) is 97.8 Å². The van der Waals surface area contributed by atoms with E-state index in [4.69, 9.17) is 9.16 Å². The van der Waals surface area contributed by atoms with E-state index in [0.717, 1.165) is 0 Å². The molecule has 0 aliphatic rings. The molecule has 0 aromatic rings. The van der Waals surface area contributed by atoms with Crippen molar-refractivity contribution in [3.63, 3.8) is 0 Å². The first-order valence-corrected chi connectivity index (χ1v) is 11.0. The smallest absolute Gasteiger partial charge is 0.337 e. The Morgan fingerprint density at radius 3 is 1.68 bits per heavy atom.